The highest BCUT2D eigenvalue weighted by atomic mass is 19.1. The number of rotatable bonds is 6. The predicted molar refractivity (Wildman–Crippen MR) is 91.4 cm³/mol. The Morgan fingerprint density at radius 3 is 3.00 bits per heavy atom. The Morgan fingerprint density at radius 2 is 2.33 bits per heavy atom. The normalized spacial score (nSPS) is 19.2. The number of carbonyl (C=O) groups is 1. The van der Waals surface area contributed by atoms with Crippen LogP contribution in [-0.4, -0.2) is 47.9 Å². The average Bonchev–Trinajstić information content (AvgIpc) is 2.93. The zero-order valence-corrected chi connectivity index (χ0v) is 14.6. The number of aliphatic hydroxyl groups excluding tert-OH is 1. The molecule has 7 heteroatoms. The van der Waals surface area contributed by atoms with Crippen molar-refractivity contribution >= 4 is 11.8 Å². The fourth-order valence-corrected chi connectivity index (χ4v) is 3.11. The molecule has 1 saturated heterocycles. The van der Waals surface area contributed by atoms with Gasteiger partial charge in [-0.1, -0.05) is 13.8 Å². The number of amides is 2. The summed E-state index contributed by atoms with van der Waals surface area (Å²) in [5.41, 5.74) is -0.176. The number of pyridine rings is 1. The van der Waals surface area contributed by atoms with Crippen molar-refractivity contribution in [3.8, 4) is 0 Å². The predicted octanol–water partition coefficient (Wildman–Crippen LogP) is 1.90. The van der Waals surface area contributed by atoms with E-state index >= 15 is 0 Å². The highest BCUT2D eigenvalue weighted by Gasteiger charge is 2.27. The van der Waals surface area contributed by atoms with Crippen LogP contribution in [-0.2, 0) is 0 Å². The van der Waals surface area contributed by atoms with Crippen LogP contribution < -0.4 is 15.5 Å². The van der Waals surface area contributed by atoms with Gasteiger partial charge in [0.1, 0.15) is 0 Å². The number of nitrogens with zero attached hydrogens (tertiary/aromatic N) is 2. The van der Waals surface area contributed by atoms with Crippen LogP contribution in [0, 0.1) is 11.2 Å². The van der Waals surface area contributed by atoms with E-state index in [0.29, 0.717) is 31.9 Å². The van der Waals surface area contributed by atoms with Gasteiger partial charge in [-0.15, -0.1) is 0 Å². The number of nitrogens with one attached hydrogen (secondary N) is 2. The molecule has 1 aromatic heterocycles. The summed E-state index contributed by atoms with van der Waals surface area (Å²) in [5, 5.41) is 15.2. The Morgan fingerprint density at radius 1 is 1.58 bits per heavy atom. The van der Waals surface area contributed by atoms with E-state index in [4.69, 9.17) is 0 Å². The number of anilines is 1. The minimum Gasteiger partial charge on any atom is -0.393 e. The standard InChI is InChI=1S/C17H27FN4O2/c1-12(23)9-17(2,3)11-20-16(24)21-13-6-8-22(10-13)15-14(18)5-4-7-19-15/h4-5,7,12-13,23H,6,8-11H2,1-3H3,(H2,20,21,24). The molecule has 0 radical (unpaired) electrons. The molecule has 1 fully saturated rings. The maximum absolute atomic E-state index is 13.8. The van der Waals surface area contributed by atoms with Crippen LogP contribution in [0.2, 0.25) is 0 Å². The average molecular weight is 338 g/mol. The van der Waals surface area contributed by atoms with Crippen LogP contribution in [0.1, 0.15) is 33.6 Å². The van der Waals surface area contributed by atoms with Crippen LogP contribution >= 0.6 is 0 Å². The Balaban J connectivity index is 1.79. The summed E-state index contributed by atoms with van der Waals surface area (Å²) in [6, 6.07) is 2.68. The van der Waals surface area contributed by atoms with Gasteiger partial charge in [0.15, 0.2) is 11.6 Å². The molecule has 24 heavy (non-hydrogen) atoms. The number of halogens is 1. The maximum atomic E-state index is 13.8. The van der Waals surface area contributed by atoms with E-state index < -0.39 is 6.10 Å². The van der Waals surface area contributed by atoms with Crippen molar-refractivity contribution < 1.29 is 14.3 Å². The molecule has 1 aliphatic rings. The molecular formula is C17H27FN4O2. The maximum Gasteiger partial charge on any atom is 0.315 e. The number of carbonyl (C=O) groups excluding carboxylic acids is 1. The van der Waals surface area contributed by atoms with Gasteiger partial charge in [-0.05, 0) is 37.3 Å². The molecular weight excluding hydrogens is 311 g/mol. The summed E-state index contributed by atoms with van der Waals surface area (Å²) in [6.45, 7) is 7.42. The van der Waals surface area contributed by atoms with E-state index in [1.165, 1.54) is 6.07 Å². The third-order valence-electron chi connectivity index (χ3n) is 4.14. The van der Waals surface area contributed by atoms with Crippen LogP contribution in [0.5, 0.6) is 0 Å². The lowest BCUT2D eigenvalue weighted by molar-refractivity contribution is 0.128. The van der Waals surface area contributed by atoms with Crippen molar-refractivity contribution in [1.29, 1.82) is 0 Å². The SMILES string of the molecule is CC(O)CC(C)(C)CNC(=O)NC1CCN(c2ncccc2F)C1. The third-order valence-corrected chi connectivity index (χ3v) is 4.14. The summed E-state index contributed by atoms with van der Waals surface area (Å²) < 4.78 is 13.8. The first-order chi connectivity index (χ1) is 11.3. The summed E-state index contributed by atoms with van der Waals surface area (Å²) >= 11 is 0. The topological polar surface area (TPSA) is 77.5 Å². The van der Waals surface area contributed by atoms with Gasteiger partial charge >= 0.3 is 6.03 Å². The van der Waals surface area contributed by atoms with Gasteiger partial charge in [0.25, 0.3) is 0 Å². The molecule has 0 saturated carbocycles. The van der Waals surface area contributed by atoms with Crippen molar-refractivity contribution in [2.75, 3.05) is 24.5 Å². The second-order valence-corrected chi connectivity index (χ2v) is 7.28. The molecule has 3 N–H and O–H groups in total. The second kappa shape index (κ2) is 7.79. The molecule has 2 heterocycles. The number of aromatic nitrogens is 1. The summed E-state index contributed by atoms with van der Waals surface area (Å²) in [5.74, 6) is -0.0113. The van der Waals surface area contributed by atoms with Gasteiger partial charge in [-0.2, -0.15) is 0 Å². The van der Waals surface area contributed by atoms with Crippen molar-refractivity contribution in [2.45, 2.75) is 45.8 Å². The lowest BCUT2D eigenvalue weighted by Gasteiger charge is -2.26. The van der Waals surface area contributed by atoms with E-state index in [-0.39, 0.29) is 23.3 Å². The zero-order chi connectivity index (χ0) is 17.7. The highest BCUT2D eigenvalue weighted by molar-refractivity contribution is 5.74. The summed E-state index contributed by atoms with van der Waals surface area (Å²) in [7, 11) is 0. The fourth-order valence-electron chi connectivity index (χ4n) is 3.11. The van der Waals surface area contributed by atoms with Crippen molar-refractivity contribution in [3.05, 3.63) is 24.1 Å². The number of hydrogen-bond acceptors (Lipinski definition) is 4. The molecule has 2 amide bonds. The van der Waals surface area contributed by atoms with E-state index in [0.717, 1.165) is 6.42 Å². The molecule has 134 valence electrons. The van der Waals surface area contributed by atoms with E-state index in [2.05, 4.69) is 15.6 Å². The Hall–Kier alpha value is -1.89. The van der Waals surface area contributed by atoms with Crippen LogP contribution in [0.4, 0.5) is 15.0 Å². The van der Waals surface area contributed by atoms with Crippen LogP contribution in [0.3, 0.4) is 0 Å². The van der Waals surface area contributed by atoms with Gasteiger partial charge < -0.3 is 20.6 Å². The van der Waals surface area contributed by atoms with E-state index in [9.17, 15) is 14.3 Å². The smallest absolute Gasteiger partial charge is 0.315 e. The molecule has 0 bridgehead atoms. The van der Waals surface area contributed by atoms with Gasteiger partial charge in [0, 0.05) is 31.9 Å². The van der Waals surface area contributed by atoms with Crippen LogP contribution in [0.15, 0.2) is 18.3 Å². The molecule has 1 aromatic rings. The lowest BCUT2D eigenvalue weighted by atomic mass is 9.87. The van der Waals surface area contributed by atoms with Crippen LogP contribution in [0.25, 0.3) is 0 Å². The molecule has 0 aromatic carbocycles. The van der Waals surface area contributed by atoms with Gasteiger partial charge in [0.2, 0.25) is 0 Å². The van der Waals surface area contributed by atoms with Gasteiger partial charge in [-0.25, -0.2) is 14.2 Å². The van der Waals surface area contributed by atoms with Gasteiger partial charge in [0.05, 0.1) is 6.10 Å². The molecule has 2 rings (SSSR count). The zero-order valence-electron chi connectivity index (χ0n) is 14.6. The van der Waals surface area contributed by atoms with E-state index in [1.54, 1.807) is 19.2 Å². The van der Waals surface area contributed by atoms with Gasteiger partial charge in [-0.3, -0.25) is 0 Å². The van der Waals surface area contributed by atoms with Crippen molar-refractivity contribution in [1.82, 2.24) is 15.6 Å². The summed E-state index contributed by atoms with van der Waals surface area (Å²) in [6.07, 6.45) is 2.53. The lowest BCUT2D eigenvalue weighted by Crippen LogP contribution is -2.46. The third kappa shape index (κ3) is 5.33. The van der Waals surface area contributed by atoms with E-state index in [1.807, 2.05) is 18.7 Å². The first kappa shape index (κ1) is 18.4. The molecule has 0 spiro atoms. The molecule has 0 aliphatic carbocycles. The number of hydrogen-bond donors (Lipinski definition) is 3. The Labute approximate surface area is 142 Å². The quantitative estimate of drug-likeness (QED) is 0.740. The molecule has 6 nitrogen and oxygen atoms in total. The molecule has 1 aliphatic heterocycles. The number of urea groups is 1. The monoisotopic (exact) mass is 338 g/mol. The Bertz CT molecular complexity index is 565. The first-order valence-electron chi connectivity index (χ1n) is 8.35. The molecule has 2 atom stereocenters. The minimum atomic E-state index is -0.401. The van der Waals surface area contributed by atoms with Crippen molar-refractivity contribution in [2.24, 2.45) is 5.41 Å². The minimum absolute atomic E-state index is 0.0358. The molecule has 2 unspecified atom stereocenters. The fraction of sp³-hybridized carbons (Fsp3) is 0.647. The second-order valence-electron chi connectivity index (χ2n) is 7.28. The largest absolute Gasteiger partial charge is 0.393 e. The first-order valence-corrected chi connectivity index (χ1v) is 8.35. The number of aliphatic hydroxyl groups is 1. The summed E-state index contributed by atoms with van der Waals surface area (Å²) in [4.78, 5) is 18.0. The van der Waals surface area contributed by atoms with Crippen molar-refractivity contribution in [3.63, 3.8) is 0 Å². The Kier molecular flexibility index (Phi) is 5.99. The highest BCUT2D eigenvalue weighted by Crippen LogP contribution is 2.22.